The first-order valence-electron chi connectivity index (χ1n) is 9.56. The molecule has 8 nitrogen and oxygen atoms in total. The first-order chi connectivity index (χ1) is 14.4. The van der Waals surface area contributed by atoms with Gasteiger partial charge in [0.2, 0.25) is 11.9 Å². The van der Waals surface area contributed by atoms with Crippen molar-refractivity contribution in [1.29, 1.82) is 0 Å². The smallest absolute Gasteiger partial charge is 0.369 e. The molecular formula is C19H20F3N7O. The molecule has 0 aliphatic carbocycles. The van der Waals surface area contributed by atoms with Crippen LogP contribution in [0.1, 0.15) is 24.8 Å². The van der Waals surface area contributed by atoms with Gasteiger partial charge in [0.1, 0.15) is 11.4 Å². The van der Waals surface area contributed by atoms with Crippen molar-refractivity contribution in [3.63, 3.8) is 0 Å². The second kappa shape index (κ2) is 8.17. The number of anilines is 3. The molecule has 1 aromatic carbocycles. The zero-order chi connectivity index (χ0) is 21.1. The number of nitrogens with zero attached hydrogens (tertiary/aromatic N) is 4. The summed E-state index contributed by atoms with van der Waals surface area (Å²) in [5.74, 6) is -0.164. The van der Waals surface area contributed by atoms with E-state index in [1.165, 1.54) is 0 Å². The van der Waals surface area contributed by atoms with E-state index in [4.69, 9.17) is 0 Å². The van der Waals surface area contributed by atoms with Crippen LogP contribution >= 0.6 is 0 Å². The Morgan fingerprint density at radius 1 is 1.23 bits per heavy atom. The standard InChI is InChI=1S/C19H20F3N7O/c20-19(21,22)13-10-24-18(27-12-4-5-14-15(9-12)26-11-25-14)28-17(13)23-6-2-8-29-7-1-3-16(29)30/h4-5,9-11H,1-3,6-8H2,(H,25,26)(H2,23,24,27,28). The van der Waals surface area contributed by atoms with Crippen molar-refractivity contribution in [3.05, 3.63) is 36.3 Å². The van der Waals surface area contributed by atoms with E-state index in [9.17, 15) is 18.0 Å². The first-order valence-corrected chi connectivity index (χ1v) is 9.56. The van der Waals surface area contributed by atoms with Crippen molar-refractivity contribution in [2.75, 3.05) is 30.3 Å². The lowest BCUT2D eigenvalue weighted by Gasteiger charge is -2.17. The third-order valence-electron chi connectivity index (χ3n) is 4.84. The molecular weight excluding hydrogens is 399 g/mol. The van der Waals surface area contributed by atoms with E-state index in [1.54, 1.807) is 29.4 Å². The maximum atomic E-state index is 13.3. The highest BCUT2D eigenvalue weighted by Crippen LogP contribution is 2.34. The van der Waals surface area contributed by atoms with Gasteiger partial charge < -0.3 is 20.5 Å². The molecule has 3 N–H and O–H groups in total. The number of benzene rings is 1. The molecule has 0 saturated carbocycles. The summed E-state index contributed by atoms with van der Waals surface area (Å²) in [5.41, 5.74) is 1.23. The number of imidazole rings is 1. The van der Waals surface area contributed by atoms with Crippen LogP contribution in [-0.2, 0) is 11.0 Å². The van der Waals surface area contributed by atoms with E-state index in [0.29, 0.717) is 31.6 Å². The quantitative estimate of drug-likeness (QED) is 0.507. The normalized spacial score (nSPS) is 14.5. The van der Waals surface area contributed by atoms with Gasteiger partial charge in [-0.25, -0.2) is 9.97 Å². The Bertz CT molecular complexity index is 1050. The van der Waals surface area contributed by atoms with Gasteiger partial charge in [-0.2, -0.15) is 18.2 Å². The summed E-state index contributed by atoms with van der Waals surface area (Å²) in [6, 6.07) is 5.28. The van der Waals surface area contributed by atoms with E-state index in [1.807, 2.05) is 0 Å². The van der Waals surface area contributed by atoms with Gasteiger partial charge >= 0.3 is 6.18 Å². The summed E-state index contributed by atoms with van der Waals surface area (Å²) in [6.45, 7) is 1.46. The van der Waals surface area contributed by atoms with E-state index in [0.717, 1.165) is 23.7 Å². The Morgan fingerprint density at radius 3 is 2.87 bits per heavy atom. The average Bonchev–Trinajstić information content (AvgIpc) is 3.33. The lowest BCUT2D eigenvalue weighted by molar-refractivity contribution is -0.137. The van der Waals surface area contributed by atoms with Gasteiger partial charge in [0.15, 0.2) is 0 Å². The van der Waals surface area contributed by atoms with E-state index in [2.05, 4.69) is 30.6 Å². The molecule has 0 bridgehead atoms. The fourth-order valence-electron chi connectivity index (χ4n) is 3.34. The molecule has 0 radical (unpaired) electrons. The van der Waals surface area contributed by atoms with Crippen LogP contribution in [0.2, 0.25) is 0 Å². The van der Waals surface area contributed by atoms with Gasteiger partial charge in [-0.15, -0.1) is 0 Å². The van der Waals surface area contributed by atoms with Crippen LogP contribution < -0.4 is 10.6 Å². The zero-order valence-electron chi connectivity index (χ0n) is 16.0. The molecule has 3 heterocycles. The third kappa shape index (κ3) is 4.44. The van der Waals surface area contributed by atoms with Crippen molar-refractivity contribution in [3.8, 4) is 0 Å². The van der Waals surface area contributed by atoms with E-state index >= 15 is 0 Å². The largest absolute Gasteiger partial charge is 0.421 e. The van der Waals surface area contributed by atoms with Crippen molar-refractivity contribution >= 4 is 34.4 Å². The second-order valence-electron chi connectivity index (χ2n) is 6.98. The van der Waals surface area contributed by atoms with Crippen LogP contribution in [0.25, 0.3) is 11.0 Å². The van der Waals surface area contributed by atoms with Crippen LogP contribution in [0, 0.1) is 0 Å². The molecule has 11 heteroatoms. The Kier molecular flexibility index (Phi) is 5.42. The number of aromatic nitrogens is 4. The highest BCUT2D eigenvalue weighted by Gasteiger charge is 2.35. The lowest BCUT2D eigenvalue weighted by atomic mass is 10.2. The molecule has 1 aliphatic rings. The number of nitrogens with one attached hydrogen (secondary N) is 3. The van der Waals surface area contributed by atoms with Gasteiger partial charge in [0.05, 0.1) is 17.4 Å². The predicted molar refractivity (Wildman–Crippen MR) is 105 cm³/mol. The molecule has 1 fully saturated rings. The number of carbonyl (C=O) groups excluding carboxylic acids is 1. The van der Waals surface area contributed by atoms with E-state index in [-0.39, 0.29) is 24.2 Å². The molecule has 0 atom stereocenters. The molecule has 0 spiro atoms. The highest BCUT2D eigenvalue weighted by molar-refractivity contribution is 5.79. The lowest BCUT2D eigenvalue weighted by Crippen LogP contribution is -2.27. The maximum Gasteiger partial charge on any atom is 0.421 e. The van der Waals surface area contributed by atoms with Crippen LogP contribution in [-0.4, -0.2) is 50.4 Å². The number of amides is 1. The molecule has 30 heavy (non-hydrogen) atoms. The van der Waals surface area contributed by atoms with Crippen LogP contribution in [0.3, 0.4) is 0 Å². The summed E-state index contributed by atoms with van der Waals surface area (Å²) in [4.78, 5) is 28.3. The molecule has 1 aliphatic heterocycles. The molecule has 4 rings (SSSR count). The Labute approximate surface area is 169 Å². The molecule has 0 unspecified atom stereocenters. The highest BCUT2D eigenvalue weighted by atomic mass is 19.4. The van der Waals surface area contributed by atoms with Gasteiger partial charge in [-0.1, -0.05) is 0 Å². The Morgan fingerprint density at radius 2 is 2.10 bits per heavy atom. The van der Waals surface area contributed by atoms with E-state index < -0.39 is 11.7 Å². The third-order valence-corrected chi connectivity index (χ3v) is 4.84. The second-order valence-corrected chi connectivity index (χ2v) is 6.98. The number of fused-ring (bicyclic) bond motifs is 1. The predicted octanol–water partition coefficient (Wildman–Crippen LogP) is 3.54. The van der Waals surface area contributed by atoms with Crippen molar-refractivity contribution in [2.45, 2.75) is 25.4 Å². The Balaban J connectivity index is 1.46. The van der Waals surface area contributed by atoms with Crippen LogP contribution in [0.5, 0.6) is 0 Å². The number of carbonyl (C=O) groups is 1. The minimum absolute atomic E-state index is 0.0408. The topological polar surface area (TPSA) is 98.8 Å². The number of hydrogen-bond acceptors (Lipinski definition) is 6. The summed E-state index contributed by atoms with van der Waals surface area (Å²) in [6.07, 6.45) is -0.378. The zero-order valence-corrected chi connectivity index (χ0v) is 16.0. The molecule has 3 aromatic rings. The minimum Gasteiger partial charge on any atom is -0.369 e. The number of H-pyrrole nitrogens is 1. The molecule has 1 saturated heterocycles. The SMILES string of the molecule is O=C1CCCN1CCCNc1nc(Nc2ccc3nc[nH]c3c2)ncc1C(F)(F)F. The maximum absolute atomic E-state index is 13.3. The number of halogens is 3. The number of alkyl halides is 3. The fourth-order valence-corrected chi connectivity index (χ4v) is 3.34. The van der Waals surface area contributed by atoms with Crippen LogP contribution in [0.15, 0.2) is 30.7 Å². The minimum atomic E-state index is -4.58. The summed E-state index contributed by atoms with van der Waals surface area (Å²) < 4.78 is 40.0. The van der Waals surface area contributed by atoms with Crippen molar-refractivity contribution < 1.29 is 18.0 Å². The van der Waals surface area contributed by atoms with Gasteiger partial charge in [-0.05, 0) is 31.0 Å². The Hall–Kier alpha value is -3.37. The average molecular weight is 419 g/mol. The van der Waals surface area contributed by atoms with Crippen molar-refractivity contribution in [2.24, 2.45) is 0 Å². The molecule has 158 valence electrons. The molecule has 1 amide bonds. The summed E-state index contributed by atoms with van der Waals surface area (Å²) >= 11 is 0. The van der Waals surface area contributed by atoms with Gasteiger partial charge in [0.25, 0.3) is 0 Å². The van der Waals surface area contributed by atoms with Crippen LogP contribution in [0.4, 0.5) is 30.6 Å². The monoisotopic (exact) mass is 419 g/mol. The number of aromatic amines is 1. The van der Waals surface area contributed by atoms with Gasteiger partial charge in [0, 0.05) is 37.9 Å². The van der Waals surface area contributed by atoms with Crippen molar-refractivity contribution in [1.82, 2.24) is 24.8 Å². The summed E-state index contributed by atoms with van der Waals surface area (Å²) in [5, 5.41) is 5.66. The van der Waals surface area contributed by atoms with Gasteiger partial charge in [-0.3, -0.25) is 4.79 Å². The number of hydrogen-bond donors (Lipinski definition) is 3. The number of rotatable bonds is 7. The summed E-state index contributed by atoms with van der Waals surface area (Å²) in [7, 11) is 0. The molecule has 2 aromatic heterocycles. The number of likely N-dealkylation sites (tertiary alicyclic amines) is 1. The first kappa shape index (κ1) is 19.9. The fraction of sp³-hybridized carbons (Fsp3) is 0.368.